The molecule has 5 N–H and O–H groups in total. The Bertz CT molecular complexity index is 2130. The second-order valence-corrected chi connectivity index (χ2v) is 14.4. The molecule has 0 bridgehead atoms. The second kappa shape index (κ2) is 20.8. The van der Waals surface area contributed by atoms with Crippen molar-refractivity contribution in [2.45, 2.75) is 97.8 Å². The van der Waals surface area contributed by atoms with E-state index in [-0.39, 0.29) is 103 Å². The van der Waals surface area contributed by atoms with E-state index in [0.717, 1.165) is 9.80 Å². The van der Waals surface area contributed by atoms with Gasteiger partial charge in [-0.25, -0.2) is 0 Å². The number of hydrogen-bond acceptors (Lipinski definition) is 13. The van der Waals surface area contributed by atoms with E-state index < -0.39 is 71.9 Å². The molecule has 2 atom stereocenters. The van der Waals surface area contributed by atoms with Gasteiger partial charge in [-0.1, -0.05) is 26.0 Å². The molecular weight excluding hydrogens is 798 g/mol. The largest absolute Gasteiger partial charge is 0.483 e. The van der Waals surface area contributed by atoms with E-state index in [1.54, 1.807) is 13.8 Å². The Kier molecular flexibility index (Phi) is 15.9. The van der Waals surface area contributed by atoms with Crippen molar-refractivity contribution in [1.82, 2.24) is 36.4 Å². The molecule has 0 aliphatic carbocycles. The van der Waals surface area contributed by atoms with Crippen LogP contribution in [0.3, 0.4) is 0 Å². The Morgan fingerprint density at radius 1 is 0.623 bits per heavy atom. The van der Waals surface area contributed by atoms with Gasteiger partial charge in [-0.3, -0.25) is 73.2 Å². The lowest BCUT2D eigenvalue weighted by molar-refractivity contribution is -0.137. The maximum Gasteiger partial charge on any atom is 0.266 e. The number of hydrogen-bond donors (Lipinski definition) is 5. The third kappa shape index (κ3) is 11.2. The molecule has 0 spiro atoms. The molecule has 2 aromatic carbocycles. The van der Waals surface area contributed by atoms with Crippen LogP contribution in [0.1, 0.15) is 115 Å². The van der Waals surface area contributed by atoms with Crippen molar-refractivity contribution >= 4 is 65.0 Å². The molecule has 11 amide bonds. The summed E-state index contributed by atoms with van der Waals surface area (Å²) in [6.07, 6.45) is 0.284. The summed E-state index contributed by atoms with van der Waals surface area (Å²) in [6, 6.07) is 6.66. The van der Waals surface area contributed by atoms with Crippen LogP contribution in [0, 0.1) is 0 Å². The van der Waals surface area contributed by atoms with Crippen LogP contribution in [-0.2, 0) is 33.6 Å². The fraction of sp³-hybridized carbons (Fsp3) is 0.439. The van der Waals surface area contributed by atoms with Gasteiger partial charge in [0.2, 0.25) is 29.5 Å². The third-order valence-electron chi connectivity index (χ3n) is 9.15. The minimum Gasteiger partial charge on any atom is -0.483 e. The van der Waals surface area contributed by atoms with Gasteiger partial charge >= 0.3 is 0 Å². The minimum atomic E-state index is -1.09. The second-order valence-electron chi connectivity index (χ2n) is 14.4. The topological polar surface area (TPSA) is 273 Å². The number of nitrogens with one attached hydrogen (secondary N) is 5. The molecule has 20 nitrogen and oxygen atoms in total. The Hall–Kier alpha value is -6.99. The van der Waals surface area contributed by atoms with Gasteiger partial charge in [0.1, 0.15) is 23.6 Å². The lowest BCUT2D eigenvalue weighted by atomic mass is 10.0. The molecule has 4 heterocycles. The molecule has 0 aromatic heterocycles. The van der Waals surface area contributed by atoms with Crippen molar-refractivity contribution in [3.63, 3.8) is 0 Å². The number of carbonyl (C=O) groups is 11. The minimum absolute atomic E-state index is 0.00157. The molecule has 4 aliphatic heterocycles. The average molecular weight is 848 g/mol. The van der Waals surface area contributed by atoms with Crippen molar-refractivity contribution in [3.05, 3.63) is 58.7 Å². The molecule has 326 valence electrons. The SMILES string of the molecule is CC.CC(C)NC(=O)CCNC(=O)COc1cccc2c1C(=O)N(C1CCC(=O)NC1=O)C2=O.CC(C)NC(=O)COc1cccc2c1C(=O)N(C1CCC(=O)NC1=O)C2=O. The Labute approximate surface area is 350 Å². The van der Waals surface area contributed by atoms with Gasteiger partial charge in [-0.2, -0.15) is 0 Å². The third-order valence-corrected chi connectivity index (χ3v) is 9.15. The van der Waals surface area contributed by atoms with Gasteiger partial charge in [0.15, 0.2) is 13.2 Å². The first-order chi connectivity index (χ1) is 29.0. The zero-order valence-corrected chi connectivity index (χ0v) is 34.6. The predicted octanol–water partition coefficient (Wildman–Crippen LogP) is 0.515. The first-order valence-electron chi connectivity index (χ1n) is 19.8. The highest BCUT2D eigenvalue weighted by molar-refractivity contribution is 6.25. The lowest BCUT2D eigenvalue weighted by Crippen LogP contribution is -2.54. The quantitative estimate of drug-likeness (QED) is 0.172. The van der Waals surface area contributed by atoms with E-state index in [2.05, 4.69) is 26.6 Å². The normalized spacial score (nSPS) is 18.0. The summed E-state index contributed by atoms with van der Waals surface area (Å²) in [5.74, 6) is -5.90. The van der Waals surface area contributed by atoms with Crippen LogP contribution < -0.4 is 36.1 Å². The summed E-state index contributed by atoms with van der Waals surface area (Å²) in [6.45, 7) is 10.6. The smallest absolute Gasteiger partial charge is 0.266 e. The lowest BCUT2D eigenvalue weighted by Gasteiger charge is -2.27. The summed E-state index contributed by atoms with van der Waals surface area (Å²) in [5, 5.41) is 12.2. The van der Waals surface area contributed by atoms with Crippen molar-refractivity contribution in [1.29, 1.82) is 0 Å². The number of piperidine rings is 2. The Morgan fingerprint density at radius 2 is 1.03 bits per heavy atom. The summed E-state index contributed by atoms with van der Waals surface area (Å²) in [5.41, 5.74) is 0.144. The molecule has 20 heteroatoms. The maximum absolute atomic E-state index is 12.9. The van der Waals surface area contributed by atoms with Crippen molar-refractivity contribution in [3.8, 4) is 11.5 Å². The molecule has 0 saturated carbocycles. The van der Waals surface area contributed by atoms with E-state index in [1.165, 1.54) is 36.4 Å². The number of carbonyl (C=O) groups excluding carboxylic acids is 11. The number of rotatable bonds is 13. The molecule has 2 fully saturated rings. The van der Waals surface area contributed by atoms with E-state index in [1.807, 2.05) is 27.7 Å². The van der Waals surface area contributed by atoms with E-state index in [4.69, 9.17) is 9.47 Å². The highest BCUT2D eigenvalue weighted by Gasteiger charge is 2.47. The number of amides is 11. The number of imide groups is 4. The fourth-order valence-corrected chi connectivity index (χ4v) is 6.62. The maximum atomic E-state index is 12.9. The molecule has 2 aromatic rings. The van der Waals surface area contributed by atoms with E-state index >= 15 is 0 Å². The van der Waals surface area contributed by atoms with Crippen molar-refractivity contribution in [2.24, 2.45) is 0 Å². The first-order valence-corrected chi connectivity index (χ1v) is 19.8. The number of benzene rings is 2. The summed E-state index contributed by atoms with van der Waals surface area (Å²) in [4.78, 5) is 135. The van der Waals surface area contributed by atoms with E-state index in [9.17, 15) is 52.7 Å². The monoisotopic (exact) mass is 847 g/mol. The summed E-state index contributed by atoms with van der Waals surface area (Å²) >= 11 is 0. The van der Waals surface area contributed by atoms with Gasteiger partial charge < -0.3 is 25.4 Å². The first kappa shape index (κ1) is 46.7. The van der Waals surface area contributed by atoms with Crippen LogP contribution in [0.25, 0.3) is 0 Å². The van der Waals surface area contributed by atoms with Crippen molar-refractivity contribution in [2.75, 3.05) is 19.8 Å². The van der Waals surface area contributed by atoms with Crippen LogP contribution in [0.15, 0.2) is 36.4 Å². The van der Waals surface area contributed by atoms with Crippen LogP contribution in [0.4, 0.5) is 0 Å². The van der Waals surface area contributed by atoms with Crippen LogP contribution in [0.5, 0.6) is 11.5 Å². The van der Waals surface area contributed by atoms with Gasteiger partial charge in [-0.05, 0) is 64.8 Å². The van der Waals surface area contributed by atoms with Crippen LogP contribution in [-0.4, -0.2) is 119 Å². The highest BCUT2D eigenvalue weighted by Crippen LogP contribution is 2.35. The molecule has 4 aliphatic rings. The van der Waals surface area contributed by atoms with Gasteiger partial charge in [0, 0.05) is 37.9 Å². The molecular formula is C41H49N7O13. The Balaban J connectivity index is 0.000000261. The van der Waals surface area contributed by atoms with Gasteiger partial charge in [0.05, 0.1) is 22.3 Å². The number of ether oxygens (including phenoxy) is 2. The summed E-state index contributed by atoms with van der Waals surface area (Å²) < 4.78 is 10.9. The zero-order chi connectivity index (χ0) is 45.1. The average Bonchev–Trinajstić information content (AvgIpc) is 3.61. The molecule has 2 saturated heterocycles. The molecule has 6 rings (SSSR count). The standard InChI is InChI=1S/C21H24N4O7.C18H19N3O6.C2H6/c1-11(2)23-16(27)8-9-22-17(28)10-32-14-5-3-4-12-18(14)21(31)25(20(12)30)13-6-7-15(26)24-19(13)29;1-9(2)19-14(23)8-27-12-5-3-4-10-15(12)18(26)21(17(10)25)11-6-7-13(22)20-16(11)24;1-2/h3-5,11,13H,6-10H2,1-2H3,(H,22,28)(H,23,27)(H,24,26,29);3-5,9,11H,6-8H2,1-2H3,(H,19,23)(H,20,22,24);1-2H3. The number of nitrogens with zero attached hydrogens (tertiary/aromatic N) is 2. The van der Waals surface area contributed by atoms with Crippen LogP contribution in [0.2, 0.25) is 0 Å². The molecule has 61 heavy (non-hydrogen) atoms. The summed E-state index contributed by atoms with van der Waals surface area (Å²) in [7, 11) is 0. The van der Waals surface area contributed by atoms with Gasteiger partial charge in [0.25, 0.3) is 35.4 Å². The number of fused-ring (bicyclic) bond motifs is 2. The fourth-order valence-electron chi connectivity index (χ4n) is 6.62. The highest BCUT2D eigenvalue weighted by atomic mass is 16.5. The molecule has 0 radical (unpaired) electrons. The van der Waals surface area contributed by atoms with Crippen LogP contribution >= 0.6 is 0 Å². The predicted molar refractivity (Wildman–Crippen MR) is 213 cm³/mol. The van der Waals surface area contributed by atoms with Gasteiger partial charge in [-0.15, -0.1) is 0 Å². The zero-order valence-electron chi connectivity index (χ0n) is 34.6. The molecule has 2 unspecified atom stereocenters. The van der Waals surface area contributed by atoms with Crippen molar-refractivity contribution < 1.29 is 62.2 Å². The Morgan fingerprint density at radius 3 is 1.44 bits per heavy atom. The van der Waals surface area contributed by atoms with E-state index in [0.29, 0.717) is 0 Å².